The standard InChI is InChI=1S/C25H26FN5O3.C4H4O4/c1-16-24(33)31(25(34)30(16)13-12-29-10-4-5-11-29)22-15-17(8-9-20(22)26)14-21-18-6-2-3-7-19(18)23(32)28-27-21;5-3(6)1-2-4(7)8/h2-3,6-9,15-16H,4-5,10-14H2,1H3,(H,28,32);1-2H,(H,5,6)(H,7,8). The zero-order chi connectivity index (χ0) is 30.4. The summed E-state index contributed by atoms with van der Waals surface area (Å²) in [5.74, 6) is -3.59. The number of benzene rings is 2. The predicted molar refractivity (Wildman–Crippen MR) is 151 cm³/mol. The lowest BCUT2D eigenvalue weighted by Gasteiger charge is -2.23. The number of nitrogens with one attached hydrogen (secondary N) is 1. The van der Waals surface area contributed by atoms with Gasteiger partial charge >= 0.3 is 18.0 Å². The Balaban J connectivity index is 0.000000446. The maximum absolute atomic E-state index is 14.9. The summed E-state index contributed by atoms with van der Waals surface area (Å²) in [6.45, 7) is 4.81. The Kier molecular flexibility index (Phi) is 9.42. The van der Waals surface area contributed by atoms with Gasteiger partial charge in [0.05, 0.1) is 16.8 Å². The Morgan fingerprint density at radius 3 is 2.29 bits per heavy atom. The fraction of sp³-hybridized carbons (Fsp3) is 0.310. The number of likely N-dealkylation sites (tertiary alicyclic amines) is 1. The monoisotopic (exact) mass is 579 g/mol. The van der Waals surface area contributed by atoms with Gasteiger partial charge in [0.1, 0.15) is 11.9 Å². The number of anilines is 1. The Morgan fingerprint density at radius 1 is 1.00 bits per heavy atom. The highest BCUT2D eigenvalue weighted by molar-refractivity contribution is 6.21. The molecule has 0 spiro atoms. The van der Waals surface area contributed by atoms with Gasteiger partial charge in [-0.05, 0) is 56.6 Å². The summed E-state index contributed by atoms with van der Waals surface area (Å²) in [4.78, 5) is 62.1. The lowest BCUT2D eigenvalue weighted by Crippen LogP contribution is -2.39. The zero-order valence-corrected chi connectivity index (χ0v) is 22.8. The summed E-state index contributed by atoms with van der Waals surface area (Å²) < 4.78 is 14.9. The minimum atomic E-state index is -1.26. The van der Waals surface area contributed by atoms with Gasteiger partial charge in [-0.25, -0.2) is 28.8 Å². The van der Waals surface area contributed by atoms with E-state index >= 15 is 0 Å². The van der Waals surface area contributed by atoms with Gasteiger partial charge in [-0.1, -0.05) is 24.3 Å². The van der Waals surface area contributed by atoms with E-state index in [4.69, 9.17) is 10.2 Å². The van der Waals surface area contributed by atoms with Crippen LogP contribution in [0.3, 0.4) is 0 Å². The highest BCUT2D eigenvalue weighted by Crippen LogP contribution is 2.29. The van der Waals surface area contributed by atoms with Gasteiger partial charge in [0.25, 0.3) is 11.5 Å². The van der Waals surface area contributed by atoms with E-state index in [1.54, 1.807) is 25.1 Å². The van der Waals surface area contributed by atoms with Gasteiger partial charge in [-0.3, -0.25) is 9.59 Å². The molecular formula is C29H30FN5O7. The van der Waals surface area contributed by atoms with Crippen molar-refractivity contribution in [3.8, 4) is 0 Å². The van der Waals surface area contributed by atoms with Gasteiger partial charge in [0, 0.05) is 37.0 Å². The van der Waals surface area contributed by atoms with Crippen molar-refractivity contribution >= 4 is 40.3 Å². The number of carbonyl (C=O) groups excluding carboxylic acids is 2. The number of rotatable bonds is 8. The van der Waals surface area contributed by atoms with E-state index in [1.165, 1.54) is 17.0 Å². The predicted octanol–water partition coefficient (Wildman–Crippen LogP) is 2.62. The van der Waals surface area contributed by atoms with Crippen molar-refractivity contribution in [1.29, 1.82) is 0 Å². The van der Waals surface area contributed by atoms with Crippen molar-refractivity contribution in [2.45, 2.75) is 32.2 Å². The van der Waals surface area contributed by atoms with Gasteiger partial charge in [0.2, 0.25) is 0 Å². The number of urea groups is 1. The van der Waals surface area contributed by atoms with Crippen molar-refractivity contribution in [1.82, 2.24) is 20.0 Å². The summed E-state index contributed by atoms with van der Waals surface area (Å²) in [7, 11) is 0. The zero-order valence-electron chi connectivity index (χ0n) is 22.8. The number of fused-ring (bicyclic) bond motifs is 1. The summed E-state index contributed by atoms with van der Waals surface area (Å²) >= 11 is 0. The molecule has 2 aliphatic rings. The molecule has 2 aliphatic heterocycles. The maximum Gasteiger partial charge on any atom is 0.332 e. The number of halogens is 1. The van der Waals surface area contributed by atoms with Gasteiger partial charge in [0.15, 0.2) is 0 Å². The first kappa shape index (κ1) is 30.1. The van der Waals surface area contributed by atoms with Crippen LogP contribution in [0, 0.1) is 5.82 Å². The third-order valence-corrected chi connectivity index (χ3v) is 7.10. The second kappa shape index (κ2) is 13.2. The fourth-order valence-corrected chi connectivity index (χ4v) is 4.96. The van der Waals surface area contributed by atoms with E-state index < -0.39 is 35.7 Å². The van der Waals surface area contributed by atoms with Crippen LogP contribution in [-0.4, -0.2) is 86.3 Å². The normalized spacial score (nSPS) is 17.2. The molecule has 3 aromatic rings. The van der Waals surface area contributed by atoms with Crippen LogP contribution in [-0.2, 0) is 20.8 Å². The molecule has 12 nitrogen and oxygen atoms in total. The fourth-order valence-electron chi connectivity index (χ4n) is 4.96. The third kappa shape index (κ3) is 6.86. The molecule has 220 valence electrons. The number of aromatic amines is 1. The van der Waals surface area contributed by atoms with E-state index in [0.29, 0.717) is 53.7 Å². The van der Waals surface area contributed by atoms with Crippen LogP contribution in [0.5, 0.6) is 0 Å². The molecule has 2 fully saturated rings. The number of hydrogen-bond acceptors (Lipinski definition) is 7. The minimum Gasteiger partial charge on any atom is -0.478 e. The van der Waals surface area contributed by atoms with Crippen LogP contribution >= 0.6 is 0 Å². The van der Waals surface area contributed by atoms with Gasteiger partial charge in [-0.15, -0.1) is 0 Å². The summed E-state index contributed by atoms with van der Waals surface area (Å²) in [5.41, 5.74) is 0.949. The molecule has 2 aromatic carbocycles. The van der Waals surface area contributed by atoms with Crippen molar-refractivity contribution in [2.24, 2.45) is 0 Å². The lowest BCUT2D eigenvalue weighted by molar-refractivity contribution is -0.134. The average molecular weight is 580 g/mol. The first-order valence-corrected chi connectivity index (χ1v) is 13.3. The van der Waals surface area contributed by atoms with E-state index in [1.807, 2.05) is 12.1 Å². The van der Waals surface area contributed by atoms with Crippen LogP contribution in [0.25, 0.3) is 10.8 Å². The Bertz CT molecular complexity index is 1580. The van der Waals surface area contributed by atoms with Crippen LogP contribution in [0.2, 0.25) is 0 Å². The SMILES string of the molecule is CC1C(=O)N(c2cc(Cc3n[nH]c(=O)c4ccccc34)ccc2F)C(=O)N1CCN1CCCC1.O=C(O)C=CC(=O)O. The largest absolute Gasteiger partial charge is 0.478 e. The van der Waals surface area contributed by atoms with Crippen molar-refractivity contribution in [2.75, 3.05) is 31.1 Å². The quantitative estimate of drug-likeness (QED) is 0.269. The Morgan fingerprint density at radius 2 is 1.64 bits per heavy atom. The smallest absolute Gasteiger partial charge is 0.332 e. The van der Waals surface area contributed by atoms with Crippen LogP contribution < -0.4 is 10.5 Å². The molecule has 1 atom stereocenters. The van der Waals surface area contributed by atoms with Gasteiger partial charge in [-0.2, -0.15) is 5.10 Å². The Hall–Kier alpha value is -4.91. The molecule has 3 heterocycles. The molecule has 3 amide bonds. The highest BCUT2D eigenvalue weighted by Gasteiger charge is 2.44. The number of carboxylic acid groups (broad SMARTS) is 2. The van der Waals surface area contributed by atoms with Crippen LogP contribution in [0.4, 0.5) is 14.9 Å². The third-order valence-electron chi connectivity index (χ3n) is 7.10. The molecule has 3 N–H and O–H groups in total. The molecule has 0 saturated carbocycles. The van der Waals surface area contributed by atoms with E-state index in [9.17, 15) is 28.4 Å². The van der Waals surface area contributed by atoms with E-state index in [2.05, 4.69) is 15.1 Å². The van der Waals surface area contributed by atoms with Crippen molar-refractivity contribution < 1.29 is 33.8 Å². The number of aliphatic carboxylic acids is 2. The molecule has 0 aliphatic carbocycles. The number of carboxylic acids is 2. The average Bonchev–Trinajstić information content (AvgIpc) is 3.56. The topological polar surface area (TPSA) is 164 Å². The Labute approximate surface area is 239 Å². The molecule has 0 radical (unpaired) electrons. The molecular weight excluding hydrogens is 549 g/mol. The number of hydrogen-bond donors (Lipinski definition) is 3. The highest BCUT2D eigenvalue weighted by atomic mass is 19.1. The van der Waals surface area contributed by atoms with Crippen LogP contribution in [0.1, 0.15) is 31.0 Å². The van der Waals surface area contributed by atoms with Crippen molar-refractivity contribution in [3.63, 3.8) is 0 Å². The first-order valence-electron chi connectivity index (χ1n) is 13.3. The number of H-pyrrole nitrogens is 1. The number of nitrogens with zero attached hydrogens (tertiary/aromatic N) is 4. The summed E-state index contributed by atoms with van der Waals surface area (Å²) in [6, 6.07) is 10.4. The maximum atomic E-state index is 14.9. The second-order valence-electron chi connectivity index (χ2n) is 9.89. The van der Waals surface area contributed by atoms with Crippen molar-refractivity contribution in [3.05, 3.63) is 82.0 Å². The molecule has 5 rings (SSSR count). The molecule has 1 unspecified atom stereocenters. The number of imide groups is 1. The molecule has 1 aromatic heterocycles. The van der Waals surface area contributed by atoms with E-state index in [0.717, 1.165) is 30.8 Å². The number of amides is 3. The summed E-state index contributed by atoms with van der Waals surface area (Å²) in [5, 5.41) is 23.5. The molecule has 2 saturated heterocycles. The molecule has 0 bridgehead atoms. The summed E-state index contributed by atoms with van der Waals surface area (Å²) in [6.07, 6.45) is 3.71. The second-order valence-corrected chi connectivity index (χ2v) is 9.89. The number of aromatic nitrogens is 2. The van der Waals surface area contributed by atoms with Gasteiger partial charge < -0.3 is 20.0 Å². The minimum absolute atomic E-state index is 0.0586. The van der Waals surface area contributed by atoms with Crippen LogP contribution in [0.15, 0.2) is 59.4 Å². The number of carbonyl (C=O) groups is 4. The molecule has 13 heteroatoms. The van der Waals surface area contributed by atoms with E-state index in [-0.39, 0.29) is 11.2 Å². The lowest BCUT2D eigenvalue weighted by atomic mass is 10.0. The first-order chi connectivity index (χ1) is 20.1. The molecule has 42 heavy (non-hydrogen) atoms.